The largest absolute Gasteiger partial charge is 0.416 e. The zero-order valence-corrected chi connectivity index (χ0v) is 12.6. The number of benzene rings is 1. The Morgan fingerprint density at radius 2 is 2.00 bits per heavy atom. The summed E-state index contributed by atoms with van der Waals surface area (Å²) in [5.41, 5.74) is -0.480. The van der Waals surface area contributed by atoms with Gasteiger partial charge in [-0.2, -0.15) is 18.3 Å². The first-order valence-corrected chi connectivity index (χ1v) is 7.20. The van der Waals surface area contributed by atoms with Gasteiger partial charge in [-0.15, -0.1) is 5.11 Å². The fourth-order valence-electron chi connectivity index (χ4n) is 1.65. The first-order valence-electron chi connectivity index (χ1n) is 6.79. The standard InChI is InChI=1S/C14H18F3N3S/c1-2-3-4-5-9-18-20-13(21)19-12-8-6-7-11(10-12)14(15,16)17/h6-8,10H,2-5,9H2,1H3,(H,19,21). The van der Waals surface area contributed by atoms with Gasteiger partial charge in [0.2, 0.25) is 5.11 Å². The number of nitrogens with zero attached hydrogens (tertiary/aromatic N) is 2. The molecule has 21 heavy (non-hydrogen) atoms. The lowest BCUT2D eigenvalue weighted by Crippen LogP contribution is -2.08. The van der Waals surface area contributed by atoms with Gasteiger partial charge in [0.25, 0.3) is 0 Å². The van der Waals surface area contributed by atoms with Crippen LogP contribution >= 0.6 is 12.2 Å². The number of halogens is 3. The van der Waals surface area contributed by atoms with Crippen LogP contribution in [0.5, 0.6) is 0 Å². The fraction of sp³-hybridized carbons (Fsp3) is 0.500. The maximum Gasteiger partial charge on any atom is 0.416 e. The SMILES string of the molecule is CCCCCCN=NC(=S)Nc1cccc(C(F)(F)F)c1. The van der Waals surface area contributed by atoms with Crippen molar-refractivity contribution < 1.29 is 13.2 Å². The Hall–Kier alpha value is -1.50. The number of hydrogen-bond acceptors (Lipinski definition) is 2. The van der Waals surface area contributed by atoms with Gasteiger partial charge in [-0.1, -0.05) is 32.3 Å². The van der Waals surface area contributed by atoms with Crippen LogP contribution in [0.25, 0.3) is 0 Å². The summed E-state index contributed by atoms with van der Waals surface area (Å²) in [7, 11) is 0. The molecule has 1 rings (SSSR count). The molecule has 0 aliphatic carbocycles. The van der Waals surface area contributed by atoms with Crippen LogP contribution in [0.3, 0.4) is 0 Å². The summed E-state index contributed by atoms with van der Waals surface area (Å²) >= 11 is 4.92. The summed E-state index contributed by atoms with van der Waals surface area (Å²) in [4.78, 5) is 0. The minimum Gasteiger partial charge on any atom is -0.330 e. The van der Waals surface area contributed by atoms with Crippen LogP contribution in [0, 0.1) is 0 Å². The van der Waals surface area contributed by atoms with Gasteiger partial charge >= 0.3 is 6.18 Å². The molecule has 0 aromatic heterocycles. The van der Waals surface area contributed by atoms with E-state index in [0.717, 1.165) is 37.8 Å². The van der Waals surface area contributed by atoms with Crippen molar-refractivity contribution in [1.29, 1.82) is 0 Å². The van der Waals surface area contributed by atoms with E-state index in [2.05, 4.69) is 22.5 Å². The van der Waals surface area contributed by atoms with Crippen molar-refractivity contribution in [3.05, 3.63) is 29.8 Å². The predicted molar refractivity (Wildman–Crippen MR) is 81.5 cm³/mol. The van der Waals surface area contributed by atoms with Crippen LogP contribution in [0.4, 0.5) is 18.9 Å². The molecule has 0 atom stereocenters. The van der Waals surface area contributed by atoms with Crippen LogP contribution < -0.4 is 5.32 Å². The highest BCUT2D eigenvalue weighted by Crippen LogP contribution is 2.30. The first kappa shape index (κ1) is 17.6. The molecule has 3 nitrogen and oxygen atoms in total. The Balaban J connectivity index is 2.46. The zero-order chi connectivity index (χ0) is 15.7. The number of anilines is 1. The quantitative estimate of drug-likeness (QED) is 0.431. The van der Waals surface area contributed by atoms with Crippen molar-refractivity contribution in [1.82, 2.24) is 0 Å². The molecule has 0 saturated heterocycles. The molecule has 116 valence electrons. The molecule has 0 aliphatic heterocycles. The maximum atomic E-state index is 12.6. The highest BCUT2D eigenvalue weighted by atomic mass is 32.1. The smallest absolute Gasteiger partial charge is 0.330 e. The van der Waals surface area contributed by atoms with Crippen LogP contribution in [0.15, 0.2) is 34.5 Å². The molecule has 0 fully saturated rings. The molecule has 0 heterocycles. The van der Waals surface area contributed by atoms with E-state index < -0.39 is 11.7 Å². The van der Waals surface area contributed by atoms with E-state index in [-0.39, 0.29) is 10.8 Å². The highest BCUT2D eigenvalue weighted by Gasteiger charge is 2.30. The normalized spacial score (nSPS) is 11.8. The summed E-state index contributed by atoms with van der Waals surface area (Å²) in [6.07, 6.45) is -0.0535. The number of azo groups is 1. The Morgan fingerprint density at radius 1 is 1.24 bits per heavy atom. The average molecular weight is 317 g/mol. The van der Waals surface area contributed by atoms with E-state index in [1.807, 2.05) is 0 Å². The second kappa shape index (κ2) is 8.71. The lowest BCUT2D eigenvalue weighted by molar-refractivity contribution is -0.137. The molecular weight excluding hydrogens is 299 g/mol. The summed E-state index contributed by atoms with van der Waals surface area (Å²) in [5.74, 6) is 0. The lowest BCUT2D eigenvalue weighted by atomic mass is 10.2. The number of rotatable bonds is 6. The third-order valence-corrected chi connectivity index (χ3v) is 2.90. The van der Waals surface area contributed by atoms with E-state index in [1.165, 1.54) is 12.1 Å². The van der Waals surface area contributed by atoms with Gasteiger partial charge in [0.05, 0.1) is 12.1 Å². The molecule has 0 unspecified atom stereocenters. The van der Waals surface area contributed by atoms with Crippen molar-refractivity contribution in [2.75, 3.05) is 11.9 Å². The molecule has 1 aromatic rings. The van der Waals surface area contributed by atoms with E-state index in [1.54, 1.807) is 0 Å². The van der Waals surface area contributed by atoms with Gasteiger partial charge < -0.3 is 5.32 Å². The van der Waals surface area contributed by atoms with E-state index >= 15 is 0 Å². The Bertz CT molecular complexity index is 487. The van der Waals surface area contributed by atoms with Crippen LogP contribution in [-0.2, 0) is 6.18 Å². The molecular formula is C14H18F3N3S. The Labute approximate surface area is 127 Å². The van der Waals surface area contributed by atoms with E-state index in [0.29, 0.717) is 6.54 Å². The van der Waals surface area contributed by atoms with Crippen LogP contribution in [0.1, 0.15) is 38.2 Å². The molecule has 1 aromatic carbocycles. The van der Waals surface area contributed by atoms with Gasteiger partial charge in [0, 0.05) is 5.69 Å². The predicted octanol–water partition coefficient (Wildman–Crippen LogP) is 5.43. The molecule has 0 spiro atoms. The summed E-state index contributed by atoms with van der Waals surface area (Å²) in [5, 5.41) is 10.4. The lowest BCUT2D eigenvalue weighted by Gasteiger charge is -2.09. The highest BCUT2D eigenvalue weighted by molar-refractivity contribution is 7.80. The van der Waals surface area contributed by atoms with Crippen molar-refractivity contribution in [2.24, 2.45) is 10.2 Å². The average Bonchev–Trinajstić information content (AvgIpc) is 2.42. The van der Waals surface area contributed by atoms with E-state index in [4.69, 9.17) is 12.2 Å². The number of alkyl halides is 3. The van der Waals surface area contributed by atoms with Crippen molar-refractivity contribution in [3.63, 3.8) is 0 Å². The topological polar surface area (TPSA) is 36.8 Å². The number of hydrogen-bond donors (Lipinski definition) is 1. The molecule has 1 N–H and O–H groups in total. The van der Waals surface area contributed by atoms with Gasteiger partial charge in [-0.25, -0.2) is 0 Å². The zero-order valence-electron chi connectivity index (χ0n) is 11.8. The molecule has 7 heteroatoms. The maximum absolute atomic E-state index is 12.6. The Morgan fingerprint density at radius 3 is 2.67 bits per heavy atom. The van der Waals surface area contributed by atoms with Crippen molar-refractivity contribution in [3.8, 4) is 0 Å². The molecule has 0 saturated carbocycles. The Kier molecular flexibility index (Phi) is 7.28. The van der Waals surface area contributed by atoms with Crippen LogP contribution in [-0.4, -0.2) is 11.7 Å². The molecule has 0 amide bonds. The molecule has 0 radical (unpaired) electrons. The fourth-order valence-corrected chi connectivity index (χ4v) is 1.82. The van der Waals surface area contributed by atoms with Crippen LogP contribution in [0.2, 0.25) is 0 Å². The van der Waals surface area contributed by atoms with Gasteiger partial charge in [-0.3, -0.25) is 0 Å². The minimum atomic E-state index is -4.37. The monoisotopic (exact) mass is 317 g/mol. The van der Waals surface area contributed by atoms with Crippen molar-refractivity contribution >= 4 is 23.0 Å². The summed E-state index contributed by atoms with van der Waals surface area (Å²) in [6, 6.07) is 4.81. The molecule has 0 aliphatic rings. The third kappa shape index (κ3) is 7.17. The van der Waals surface area contributed by atoms with E-state index in [9.17, 15) is 13.2 Å². The number of thiocarbonyl (C=S) groups is 1. The number of unbranched alkanes of at least 4 members (excludes halogenated alkanes) is 3. The van der Waals surface area contributed by atoms with Gasteiger partial charge in [-0.05, 0) is 36.8 Å². The second-order valence-electron chi connectivity index (χ2n) is 4.53. The molecule has 0 bridgehead atoms. The van der Waals surface area contributed by atoms with Gasteiger partial charge in [0.1, 0.15) is 0 Å². The minimum absolute atomic E-state index is 0.0600. The van der Waals surface area contributed by atoms with Crippen molar-refractivity contribution in [2.45, 2.75) is 38.8 Å². The first-order chi connectivity index (χ1) is 9.93. The summed E-state index contributed by atoms with van der Waals surface area (Å²) < 4.78 is 37.7. The second-order valence-corrected chi connectivity index (χ2v) is 4.92. The third-order valence-electron chi connectivity index (χ3n) is 2.71. The summed E-state index contributed by atoms with van der Waals surface area (Å²) in [6.45, 7) is 2.69. The number of nitrogens with one attached hydrogen (secondary N) is 1. The van der Waals surface area contributed by atoms with Gasteiger partial charge in [0.15, 0.2) is 0 Å².